The highest BCUT2D eigenvalue weighted by Crippen LogP contribution is 2.33. The van der Waals surface area contributed by atoms with Gasteiger partial charge in [0.25, 0.3) is 0 Å². The van der Waals surface area contributed by atoms with E-state index in [1.54, 1.807) is 0 Å². The number of rotatable bonds is 4. The summed E-state index contributed by atoms with van der Waals surface area (Å²) in [7, 11) is 0. The van der Waals surface area contributed by atoms with E-state index in [2.05, 4.69) is 46.6 Å². The number of para-hydroxylation sites is 1. The molecule has 130 valence electrons. The lowest BCUT2D eigenvalue weighted by atomic mass is 10.0. The maximum absolute atomic E-state index is 12.7. The van der Waals surface area contributed by atoms with Crippen molar-refractivity contribution in [2.24, 2.45) is 0 Å². The Morgan fingerprint density at radius 3 is 2.72 bits per heavy atom. The van der Waals surface area contributed by atoms with Crippen LogP contribution in [0.4, 0.5) is 5.69 Å². The molecular formula is C21H24N2O2. The van der Waals surface area contributed by atoms with Gasteiger partial charge in [0.15, 0.2) is 0 Å². The number of nitrogens with one attached hydrogen (secondary N) is 1. The highest BCUT2D eigenvalue weighted by molar-refractivity contribution is 5.85. The van der Waals surface area contributed by atoms with Crippen molar-refractivity contribution in [1.82, 2.24) is 5.32 Å². The van der Waals surface area contributed by atoms with E-state index in [1.165, 1.54) is 22.4 Å². The Hall–Kier alpha value is -2.33. The molecule has 1 aliphatic heterocycles. The molecule has 4 nitrogen and oxygen atoms in total. The molecule has 0 spiro atoms. The summed E-state index contributed by atoms with van der Waals surface area (Å²) in [5.41, 5.74) is 4.89. The van der Waals surface area contributed by atoms with Gasteiger partial charge in [0, 0.05) is 25.3 Å². The molecule has 2 aliphatic rings. The SMILES string of the molecule is O=C(NCc1ccccc1N1CCOCC1)C1CCc2ccccc21. The standard InChI is InChI=1S/C21H24N2O2/c24-21(19-10-9-16-5-1-3-7-18(16)19)22-15-17-6-2-4-8-20(17)23-11-13-25-14-12-23/h1-8,19H,9-15H2,(H,22,24). The van der Waals surface area contributed by atoms with Crippen LogP contribution in [-0.2, 0) is 22.5 Å². The third-order valence-corrected chi connectivity index (χ3v) is 5.25. The zero-order chi connectivity index (χ0) is 17.1. The average Bonchev–Trinajstić information content (AvgIpc) is 3.11. The van der Waals surface area contributed by atoms with Gasteiger partial charge in [0.05, 0.1) is 19.1 Å². The fourth-order valence-electron chi connectivity index (χ4n) is 3.91. The smallest absolute Gasteiger partial charge is 0.227 e. The zero-order valence-corrected chi connectivity index (χ0v) is 14.4. The van der Waals surface area contributed by atoms with E-state index in [1.807, 2.05) is 12.1 Å². The van der Waals surface area contributed by atoms with E-state index < -0.39 is 0 Å². The molecule has 1 N–H and O–H groups in total. The Labute approximate surface area is 148 Å². The van der Waals surface area contributed by atoms with Gasteiger partial charge in [-0.15, -0.1) is 0 Å². The van der Waals surface area contributed by atoms with Crippen LogP contribution in [0.1, 0.15) is 29.0 Å². The summed E-state index contributed by atoms with van der Waals surface area (Å²) in [6, 6.07) is 16.6. The van der Waals surface area contributed by atoms with Crippen LogP contribution in [-0.4, -0.2) is 32.2 Å². The monoisotopic (exact) mass is 336 g/mol. The van der Waals surface area contributed by atoms with Crippen LogP contribution < -0.4 is 10.2 Å². The number of carbonyl (C=O) groups is 1. The molecule has 1 aliphatic carbocycles. The van der Waals surface area contributed by atoms with Crippen molar-refractivity contribution in [3.63, 3.8) is 0 Å². The van der Waals surface area contributed by atoms with Crippen molar-refractivity contribution >= 4 is 11.6 Å². The van der Waals surface area contributed by atoms with Gasteiger partial charge in [-0.3, -0.25) is 4.79 Å². The van der Waals surface area contributed by atoms with E-state index in [0.717, 1.165) is 39.1 Å². The molecular weight excluding hydrogens is 312 g/mol. The van der Waals surface area contributed by atoms with Gasteiger partial charge < -0.3 is 15.0 Å². The second kappa shape index (κ2) is 7.28. The minimum absolute atomic E-state index is 0.00764. The highest BCUT2D eigenvalue weighted by Gasteiger charge is 2.28. The fraction of sp³-hybridized carbons (Fsp3) is 0.381. The minimum atomic E-state index is -0.00764. The Morgan fingerprint density at radius 2 is 1.84 bits per heavy atom. The van der Waals surface area contributed by atoms with Crippen LogP contribution in [0, 0.1) is 0 Å². The number of hydrogen-bond donors (Lipinski definition) is 1. The van der Waals surface area contributed by atoms with Gasteiger partial charge in [0.1, 0.15) is 0 Å². The molecule has 2 aromatic rings. The Morgan fingerprint density at radius 1 is 1.08 bits per heavy atom. The predicted octanol–water partition coefficient (Wildman–Crippen LogP) is 2.87. The molecule has 1 atom stereocenters. The van der Waals surface area contributed by atoms with Crippen LogP contribution >= 0.6 is 0 Å². The second-order valence-corrected chi connectivity index (χ2v) is 6.74. The van der Waals surface area contributed by atoms with Crippen molar-refractivity contribution < 1.29 is 9.53 Å². The first-order chi connectivity index (χ1) is 12.3. The number of carbonyl (C=O) groups excluding carboxylic acids is 1. The van der Waals surface area contributed by atoms with Gasteiger partial charge in [-0.25, -0.2) is 0 Å². The average molecular weight is 336 g/mol. The lowest BCUT2D eigenvalue weighted by molar-refractivity contribution is -0.122. The van der Waals surface area contributed by atoms with Crippen molar-refractivity contribution in [3.8, 4) is 0 Å². The molecule has 2 aromatic carbocycles. The Balaban J connectivity index is 1.44. The van der Waals surface area contributed by atoms with Gasteiger partial charge in [-0.1, -0.05) is 42.5 Å². The van der Waals surface area contributed by atoms with Crippen LogP contribution in [0.15, 0.2) is 48.5 Å². The summed E-state index contributed by atoms with van der Waals surface area (Å²) >= 11 is 0. The molecule has 0 radical (unpaired) electrons. The van der Waals surface area contributed by atoms with E-state index in [4.69, 9.17) is 4.74 Å². The number of benzene rings is 2. The maximum atomic E-state index is 12.7. The first-order valence-electron chi connectivity index (χ1n) is 9.09. The second-order valence-electron chi connectivity index (χ2n) is 6.74. The number of hydrogen-bond acceptors (Lipinski definition) is 3. The number of amides is 1. The zero-order valence-electron chi connectivity index (χ0n) is 14.4. The van der Waals surface area contributed by atoms with Crippen molar-refractivity contribution in [2.75, 3.05) is 31.2 Å². The number of fused-ring (bicyclic) bond motifs is 1. The van der Waals surface area contributed by atoms with E-state index in [0.29, 0.717) is 6.54 Å². The summed E-state index contributed by atoms with van der Waals surface area (Å²) in [6.45, 7) is 3.91. The van der Waals surface area contributed by atoms with Gasteiger partial charge in [-0.05, 0) is 35.6 Å². The number of morpholine rings is 1. The van der Waals surface area contributed by atoms with Gasteiger partial charge in [-0.2, -0.15) is 0 Å². The fourth-order valence-corrected chi connectivity index (χ4v) is 3.91. The van der Waals surface area contributed by atoms with E-state index in [9.17, 15) is 4.79 Å². The summed E-state index contributed by atoms with van der Waals surface area (Å²) < 4.78 is 5.45. The minimum Gasteiger partial charge on any atom is -0.378 e. The summed E-state index contributed by atoms with van der Waals surface area (Å²) in [6.07, 6.45) is 1.91. The van der Waals surface area contributed by atoms with Crippen LogP contribution in [0.2, 0.25) is 0 Å². The lowest BCUT2D eigenvalue weighted by Gasteiger charge is -2.30. The number of ether oxygens (including phenoxy) is 1. The number of anilines is 1. The lowest BCUT2D eigenvalue weighted by Crippen LogP contribution is -2.37. The molecule has 0 aromatic heterocycles. The number of aryl methyl sites for hydroxylation is 1. The largest absolute Gasteiger partial charge is 0.378 e. The molecule has 25 heavy (non-hydrogen) atoms. The summed E-state index contributed by atoms with van der Waals surface area (Å²) in [5, 5.41) is 3.16. The Bertz CT molecular complexity index is 753. The van der Waals surface area contributed by atoms with E-state index in [-0.39, 0.29) is 11.8 Å². The van der Waals surface area contributed by atoms with Crippen molar-refractivity contribution in [3.05, 3.63) is 65.2 Å². The summed E-state index contributed by atoms with van der Waals surface area (Å²) in [4.78, 5) is 15.1. The third-order valence-electron chi connectivity index (χ3n) is 5.25. The molecule has 4 rings (SSSR count). The molecule has 1 unspecified atom stereocenters. The van der Waals surface area contributed by atoms with Crippen LogP contribution in [0.5, 0.6) is 0 Å². The van der Waals surface area contributed by atoms with Crippen molar-refractivity contribution in [2.45, 2.75) is 25.3 Å². The molecule has 1 saturated heterocycles. The highest BCUT2D eigenvalue weighted by atomic mass is 16.5. The predicted molar refractivity (Wildman–Crippen MR) is 98.8 cm³/mol. The number of nitrogens with zero attached hydrogens (tertiary/aromatic N) is 1. The van der Waals surface area contributed by atoms with Crippen LogP contribution in [0.3, 0.4) is 0 Å². The van der Waals surface area contributed by atoms with Gasteiger partial charge in [0.2, 0.25) is 5.91 Å². The van der Waals surface area contributed by atoms with Gasteiger partial charge >= 0.3 is 0 Å². The molecule has 1 heterocycles. The normalized spacial score (nSPS) is 19.5. The quantitative estimate of drug-likeness (QED) is 0.933. The molecule has 1 fully saturated rings. The molecule has 1 amide bonds. The first kappa shape index (κ1) is 16.2. The third kappa shape index (κ3) is 3.40. The first-order valence-corrected chi connectivity index (χ1v) is 9.09. The topological polar surface area (TPSA) is 41.6 Å². The Kier molecular flexibility index (Phi) is 4.70. The molecule has 0 bridgehead atoms. The maximum Gasteiger partial charge on any atom is 0.227 e. The molecule has 4 heteroatoms. The summed E-state index contributed by atoms with van der Waals surface area (Å²) in [5.74, 6) is 0.133. The van der Waals surface area contributed by atoms with Crippen molar-refractivity contribution in [1.29, 1.82) is 0 Å². The van der Waals surface area contributed by atoms with E-state index >= 15 is 0 Å². The van der Waals surface area contributed by atoms with Crippen LogP contribution in [0.25, 0.3) is 0 Å². The molecule has 0 saturated carbocycles.